The summed E-state index contributed by atoms with van der Waals surface area (Å²) in [7, 11) is 1.60. The predicted octanol–water partition coefficient (Wildman–Crippen LogP) is -0.0778. The summed E-state index contributed by atoms with van der Waals surface area (Å²) in [6.45, 7) is 1.43. The molecule has 2 N–H and O–H groups in total. The molecule has 64 valence electrons. The first-order valence-electron chi connectivity index (χ1n) is 3.47. The lowest BCUT2D eigenvalue weighted by Gasteiger charge is -2.01. The van der Waals surface area contributed by atoms with Crippen LogP contribution in [0.15, 0.2) is 17.5 Å². The van der Waals surface area contributed by atoms with Gasteiger partial charge in [0.15, 0.2) is 5.84 Å². The Morgan fingerprint density at radius 2 is 2.50 bits per heavy atom. The first-order valence-corrected chi connectivity index (χ1v) is 3.47. The maximum atomic E-state index is 10.7. The van der Waals surface area contributed by atoms with Crippen LogP contribution in [0.1, 0.15) is 12.6 Å². The molecule has 0 bridgehead atoms. The molecular weight excluding hydrogens is 156 g/mol. The smallest absolute Gasteiger partial charge is 0.222 e. The molecule has 0 aromatic carbocycles. The van der Waals surface area contributed by atoms with E-state index in [1.165, 1.54) is 13.3 Å². The van der Waals surface area contributed by atoms with Gasteiger partial charge in [-0.15, -0.1) is 0 Å². The van der Waals surface area contributed by atoms with Gasteiger partial charge in [0, 0.05) is 14.0 Å². The second kappa shape index (κ2) is 3.66. The summed E-state index contributed by atoms with van der Waals surface area (Å²) >= 11 is 0. The van der Waals surface area contributed by atoms with Gasteiger partial charge in [-0.3, -0.25) is 9.79 Å². The zero-order valence-electron chi connectivity index (χ0n) is 6.96. The lowest BCUT2D eigenvalue weighted by Crippen LogP contribution is -2.29. The highest BCUT2D eigenvalue weighted by Gasteiger charge is 2.04. The third kappa shape index (κ3) is 1.91. The number of carbonyl (C=O) groups is 1. The van der Waals surface area contributed by atoms with Gasteiger partial charge in [0.2, 0.25) is 5.91 Å². The summed E-state index contributed by atoms with van der Waals surface area (Å²) in [6.07, 6.45) is 3.13. The summed E-state index contributed by atoms with van der Waals surface area (Å²) in [5.74, 6) is 0.352. The number of amides is 1. The highest BCUT2D eigenvalue weighted by molar-refractivity contribution is 6.06. The van der Waals surface area contributed by atoms with Crippen molar-refractivity contribution < 1.29 is 4.79 Å². The first-order chi connectivity index (χ1) is 5.74. The molecule has 1 aromatic rings. The van der Waals surface area contributed by atoms with Crippen molar-refractivity contribution in [2.24, 2.45) is 4.99 Å². The van der Waals surface area contributed by atoms with E-state index < -0.39 is 0 Å². The van der Waals surface area contributed by atoms with Crippen LogP contribution in [0, 0.1) is 0 Å². The Morgan fingerprint density at radius 1 is 1.75 bits per heavy atom. The molecule has 5 heteroatoms. The first kappa shape index (κ1) is 8.45. The van der Waals surface area contributed by atoms with Crippen LogP contribution in [0.3, 0.4) is 0 Å². The number of aromatic nitrogens is 2. The van der Waals surface area contributed by atoms with Crippen LogP contribution in [-0.2, 0) is 4.79 Å². The van der Waals surface area contributed by atoms with Crippen molar-refractivity contribution in [3.8, 4) is 0 Å². The fraction of sp³-hybridized carbons (Fsp3) is 0.286. The monoisotopic (exact) mass is 166 g/mol. The van der Waals surface area contributed by atoms with Crippen molar-refractivity contribution in [3.63, 3.8) is 0 Å². The second-order valence-corrected chi connectivity index (χ2v) is 2.22. The Kier molecular flexibility index (Phi) is 2.57. The van der Waals surface area contributed by atoms with Crippen molar-refractivity contribution in [2.45, 2.75) is 6.92 Å². The number of nitrogens with zero attached hydrogens (tertiary/aromatic N) is 2. The van der Waals surface area contributed by atoms with Crippen LogP contribution >= 0.6 is 0 Å². The molecule has 0 unspecified atom stereocenters. The molecule has 0 saturated carbocycles. The van der Waals surface area contributed by atoms with E-state index in [0.29, 0.717) is 11.5 Å². The fourth-order valence-corrected chi connectivity index (χ4v) is 0.796. The Bertz CT molecular complexity index is 288. The van der Waals surface area contributed by atoms with E-state index in [4.69, 9.17) is 0 Å². The van der Waals surface area contributed by atoms with Crippen molar-refractivity contribution in [1.29, 1.82) is 0 Å². The zero-order valence-corrected chi connectivity index (χ0v) is 6.96. The van der Waals surface area contributed by atoms with Crippen molar-refractivity contribution in [2.75, 3.05) is 7.05 Å². The minimum Gasteiger partial charge on any atom is -0.342 e. The highest BCUT2D eigenvalue weighted by Crippen LogP contribution is 1.91. The van der Waals surface area contributed by atoms with Gasteiger partial charge in [0.25, 0.3) is 0 Å². The Morgan fingerprint density at radius 3 is 2.92 bits per heavy atom. The van der Waals surface area contributed by atoms with Crippen LogP contribution in [0.25, 0.3) is 0 Å². The van der Waals surface area contributed by atoms with E-state index in [-0.39, 0.29) is 5.91 Å². The highest BCUT2D eigenvalue weighted by atomic mass is 16.1. The van der Waals surface area contributed by atoms with E-state index in [2.05, 4.69) is 20.3 Å². The topological polar surface area (TPSA) is 70.1 Å². The van der Waals surface area contributed by atoms with E-state index >= 15 is 0 Å². The molecule has 1 aromatic heterocycles. The summed E-state index contributed by atoms with van der Waals surface area (Å²) in [6, 6.07) is 0. The van der Waals surface area contributed by atoms with Gasteiger partial charge in [-0.1, -0.05) is 0 Å². The summed E-state index contributed by atoms with van der Waals surface area (Å²) in [5.41, 5.74) is 0.702. The molecule has 1 heterocycles. The van der Waals surface area contributed by atoms with Gasteiger partial charge in [-0.05, 0) is 0 Å². The summed E-state index contributed by atoms with van der Waals surface area (Å²) < 4.78 is 0. The number of H-pyrrole nitrogens is 1. The standard InChI is InChI=1S/C7H10N4O/c1-5(12)11-7(8-2)6-3-9-4-10-6/h3-4H,1-2H3,(H,9,10)(H,8,11,12). The molecule has 0 radical (unpaired) electrons. The zero-order chi connectivity index (χ0) is 8.97. The second-order valence-electron chi connectivity index (χ2n) is 2.22. The maximum absolute atomic E-state index is 10.7. The normalized spacial score (nSPS) is 11.3. The van der Waals surface area contributed by atoms with E-state index in [0.717, 1.165) is 0 Å². The van der Waals surface area contributed by atoms with Gasteiger partial charge in [0.1, 0.15) is 5.69 Å². The van der Waals surface area contributed by atoms with Crippen LogP contribution < -0.4 is 5.32 Å². The SMILES string of the molecule is CN=C(NC(C)=O)c1cnc[nH]1. The molecule has 0 aliphatic rings. The Labute approximate surface area is 69.9 Å². The number of hydrogen-bond acceptors (Lipinski definition) is 3. The number of amidine groups is 1. The van der Waals surface area contributed by atoms with E-state index in [1.807, 2.05) is 0 Å². The van der Waals surface area contributed by atoms with Gasteiger partial charge < -0.3 is 10.3 Å². The molecule has 0 aliphatic carbocycles. The van der Waals surface area contributed by atoms with Gasteiger partial charge in [0.05, 0.1) is 12.5 Å². The van der Waals surface area contributed by atoms with Gasteiger partial charge >= 0.3 is 0 Å². The average Bonchev–Trinajstić information content (AvgIpc) is 2.51. The number of aromatic amines is 1. The molecule has 0 atom stereocenters. The Balaban J connectivity index is 2.78. The van der Waals surface area contributed by atoms with Crippen LogP contribution in [0.5, 0.6) is 0 Å². The molecule has 0 fully saturated rings. The predicted molar refractivity (Wildman–Crippen MR) is 44.9 cm³/mol. The van der Waals surface area contributed by atoms with E-state index in [1.54, 1.807) is 13.2 Å². The molecule has 0 saturated heterocycles. The molecule has 12 heavy (non-hydrogen) atoms. The van der Waals surface area contributed by atoms with Crippen molar-refractivity contribution >= 4 is 11.7 Å². The van der Waals surface area contributed by atoms with Crippen molar-refractivity contribution in [1.82, 2.24) is 15.3 Å². The summed E-state index contributed by atoms with van der Waals surface area (Å²) in [5, 5.41) is 2.57. The van der Waals surface area contributed by atoms with Crippen LogP contribution in [0.4, 0.5) is 0 Å². The number of imidazole rings is 1. The summed E-state index contributed by atoms with van der Waals surface area (Å²) in [4.78, 5) is 21.2. The average molecular weight is 166 g/mol. The third-order valence-electron chi connectivity index (χ3n) is 1.27. The Hall–Kier alpha value is -1.65. The lowest BCUT2D eigenvalue weighted by molar-refractivity contribution is -0.117. The number of rotatable bonds is 1. The molecule has 1 amide bonds. The lowest BCUT2D eigenvalue weighted by atomic mass is 10.4. The van der Waals surface area contributed by atoms with Crippen LogP contribution in [0.2, 0.25) is 0 Å². The number of aliphatic imine (C=N–C) groups is 1. The number of nitrogens with one attached hydrogen (secondary N) is 2. The third-order valence-corrected chi connectivity index (χ3v) is 1.27. The molecule has 5 nitrogen and oxygen atoms in total. The molecule has 0 spiro atoms. The minimum absolute atomic E-state index is 0.148. The van der Waals surface area contributed by atoms with Crippen molar-refractivity contribution in [3.05, 3.63) is 18.2 Å². The largest absolute Gasteiger partial charge is 0.342 e. The van der Waals surface area contributed by atoms with Crippen LogP contribution in [-0.4, -0.2) is 28.8 Å². The van der Waals surface area contributed by atoms with Gasteiger partial charge in [-0.25, -0.2) is 4.98 Å². The molecule has 0 aliphatic heterocycles. The number of carbonyl (C=O) groups excluding carboxylic acids is 1. The van der Waals surface area contributed by atoms with E-state index in [9.17, 15) is 4.79 Å². The number of hydrogen-bond donors (Lipinski definition) is 2. The minimum atomic E-state index is -0.148. The quantitative estimate of drug-likeness (QED) is 0.452. The fourth-order valence-electron chi connectivity index (χ4n) is 0.796. The maximum Gasteiger partial charge on any atom is 0.222 e. The molecule has 1 rings (SSSR count). The van der Waals surface area contributed by atoms with Gasteiger partial charge in [-0.2, -0.15) is 0 Å². The molecular formula is C7H10N4O.